The van der Waals surface area contributed by atoms with Gasteiger partial charge in [0.1, 0.15) is 5.01 Å². The molecular formula is C14H21N3O2S. The maximum absolute atomic E-state index is 12.4. The molecule has 1 N–H and O–H groups in total. The second-order valence-corrected chi connectivity index (χ2v) is 6.04. The fourth-order valence-electron chi connectivity index (χ4n) is 2.44. The van der Waals surface area contributed by atoms with Gasteiger partial charge in [-0.1, -0.05) is 13.8 Å². The van der Waals surface area contributed by atoms with Crippen molar-refractivity contribution in [2.24, 2.45) is 0 Å². The van der Waals surface area contributed by atoms with Crippen LogP contribution in [0.2, 0.25) is 0 Å². The molecule has 1 aromatic rings. The molecule has 2 amide bonds. The molecule has 0 spiro atoms. The van der Waals surface area contributed by atoms with Gasteiger partial charge in [0.15, 0.2) is 0 Å². The summed E-state index contributed by atoms with van der Waals surface area (Å²) in [5, 5.41) is 6.18. The molecule has 0 saturated carbocycles. The van der Waals surface area contributed by atoms with Crippen LogP contribution in [0, 0.1) is 0 Å². The Hall–Kier alpha value is -1.27. The summed E-state index contributed by atoms with van der Waals surface area (Å²) >= 11 is 1.57. The van der Waals surface area contributed by atoms with Crippen molar-refractivity contribution in [2.45, 2.75) is 58.2 Å². The molecule has 3 atom stereocenters. The Kier molecular flexibility index (Phi) is 4.88. The topological polar surface area (TPSA) is 62.3 Å². The van der Waals surface area contributed by atoms with E-state index in [9.17, 15) is 9.59 Å². The minimum absolute atomic E-state index is 0.0262. The second-order valence-electron chi connectivity index (χ2n) is 5.11. The molecule has 2 rings (SSSR count). The number of nitrogens with one attached hydrogen (secondary N) is 1. The average Bonchev–Trinajstić information content (AvgIpc) is 3.04. The number of thiazole rings is 1. The Balaban J connectivity index is 2.07. The Labute approximate surface area is 123 Å². The lowest BCUT2D eigenvalue weighted by molar-refractivity contribution is -0.141. The maximum atomic E-state index is 12.4. The van der Waals surface area contributed by atoms with Crippen molar-refractivity contribution >= 4 is 23.2 Å². The molecule has 0 aliphatic carbocycles. The van der Waals surface area contributed by atoms with Crippen molar-refractivity contribution in [3.8, 4) is 0 Å². The predicted molar refractivity (Wildman–Crippen MR) is 78.3 cm³/mol. The van der Waals surface area contributed by atoms with Gasteiger partial charge in [-0.3, -0.25) is 19.8 Å². The molecular weight excluding hydrogens is 274 g/mol. The summed E-state index contributed by atoms with van der Waals surface area (Å²) in [6, 6.07) is -0.402. The van der Waals surface area contributed by atoms with Crippen LogP contribution in [-0.2, 0) is 9.59 Å². The quantitative estimate of drug-likeness (QED) is 0.817. The number of imide groups is 1. The molecule has 1 aliphatic rings. The predicted octanol–water partition coefficient (Wildman–Crippen LogP) is 2.11. The lowest BCUT2D eigenvalue weighted by atomic mass is 10.1. The van der Waals surface area contributed by atoms with E-state index in [1.807, 2.05) is 26.2 Å². The highest BCUT2D eigenvalue weighted by Gasteiger charge is 2.41. The SMILES string of the molecule is CCC(NC1CC(=O)N(C(C)CC)C1=O)c1nccs1. The molecule has 1 fully saturated rings. The van der Waals surface area contributed by atoms with Gasteiger partial charge in [-0.2, -0.15) is 0 Å². The number of aromatic nitrogens is 1. The first-order valence-electron chi connectivity index (χ1n) is 7.09. The van der Waals surface area contributed by atoms with Gasteiger partial charge in [0, 0.05) is 17.6 Å². The molecule has 1 aliphatic heterocycles. The zero-order chi connectivity index (χ0) is 14.7. The van der Waals surface area contributed by atoms with Crippen molar-refractivity contribution in [3.05, 3.63) is 16.6 Å². The summed E-state index contributed by atoms with van der Waals surface area (Å²) in [6.45, 7) is 5.94. The third-order valence-corrected chi connectivity index (χ3v) is 4.66. The van der Waals surface area contributed by atoms with Crippen molar-refractivity contribution in [1.29, 1.82) is 0 Å². The van der Waals surface area contributed by atoms with Crippen LogP contribution in [0.15, 0.2) is 11.6 Å². The maximum Gasteiger partial charge on any atom is 0.247 e. The molecule has 110 valence electrons. The molecule has 3 unspecified atom stereocenters. The summed E-state index contributed by atoms with van der Waals surface area (Å²) in [5.41, 5.74) is 0. The van der Waals surface area contributed by atoms with E-state index in [-0.39, 0.29) is 30.3 Å². The van der Waals surface area contributed by atoms with E-state index in [4.69, 9.17) is 0 Å². The van der Waals surface area contributed by atoms with Gasteiger partial charge < -0.3 is 0 Å². The van der Waals surface area contributed by atoms with Gasteiger partial charge in [-0.15, -0.1) is 11.3 Å². The van der Waals surface area contributed by atoms with Crippen LogP contribution in [0.5, 0.6) is 0 Å². The van der Waals surface area contributed by atoms with Gasteiger partial charge in [0.2, 0.25) is 11.8 Å². The summed E-state index contributed by atoms with van der Waals surface area (Å²) in [6.07, 6.45) is 3.64. The number of rotatable bonds is 6. The number of likely N-dealkylation sites (tertiary alicyclic amines) is 1. The van der Waals surface area contributed by atoms with Crippen LogP contribution in [0.3, 0.4) is 0 Å². The molecule has 1 aromatic heterocycles. The zero-order valence-corrected chi connectivity index (χ0v) is 12.9. The first-order valence-corrected chi connectivity index (χ1v) is 7.97. The van der Waals surface area contributed by atoms with Crippen molar-refractivity contribution in [3.63, 3.8) is 0 Å². The molecule has 5 nitrogen and oxygen atoms in total. The van der Waals surface area contributed by atoms with Crippen molar-refractivity contribution < 1.29 is 9.59 Å². The molecule has 6 heteroatoms. The smallest absolute Gasteiger partial charge is 0.247 e. The summed E-state index contributed by atoms with van der Waals surface area (Å²) in [4.78, 5) is 30.1. The fourth-order valence-corrected chi connectivity index (χ4v) is 3.22. The van der Waals surface area contributed by atoms with Crippen molar-refractivity contribution in [1.82, 2.24) is 15.2 Å². The Bertz CT molecular complexity index is 475. The fraction of sp³-hybridized carbons (Fsp3) is 0.643. The molecule has 0 bridgehead atoms. The Morgan fingerprint density at radius 1 is 1.45 bits per heavy atom. The van der Waals surface area contributed by atoms with E-state index in [1.165, 1.54) is 4.90 Å². The number of hydrogen-bond donors (Lipinski definition) is 1. The number of carbonyl (C=O) groups excluding carboxylic acids is 2. The van der Waals surface area contributed by atoms with E-state index >= 15 is 0 Å². The molecule has 2 heterocycles. The number of hydrogen-bond acceptors (Lipinski definition) is 5. The molecule has 0 aromatic carbocycles. The van der Waals surface area contributed by atoms with E-state index in [1.54, 1.807) is 17.5 Å². The van der Waals surface area contributed by atoms with E-state index in [2.05, 4.69) is 10.3 Å². The van der Waals surface area contributed by atoms with E-state index in [0.717, 1.165) is 17.8 Å². The third-order valence-electron chi connectivity index (χ3n) is 3.77. The van der Waals surface area contributed by atoms with Crippen LogP contribution in [0.4, 0.5) is 0 Å². The highest BCUT2D eigenvalue weighted by Crippen LogP contribution is 2.24. The van der Waals surface area contributed by atoms with Crippen LogP contribution >= 0.6 is 11.3 Å². The highest BCUT2D eigenvalue weighted by atomic mass is 32.1. The molecule has 0 radical (unpaired) electrons. The largest absolute Gasteiger partial charge is 0.296 e. The van der Waals surface area contributed by atoms with Gasteiger partial charge >= 0.3 is 0 Å². The first-order chi connectivity index (χ1) is 9.58. The standard InChI is InChI=1S/C14H21N3O2S/c1-4-9(3)17-12(18)8-11(14(17)19)16-10(5-2)13-15-6-7-20-13/h6-7,9-11,16H,4-5,8H2,1-3H3. The van der Waals surface area contributed by atoms with Crippen molar-refractivity contribution in [2.75, 3.05) is 0 Å². The van der Waals surface area contributed by atoms with Crippen LogP contribution in [0.25, 0.3) is 0 Å². The Morgan fingerprint density at radius 2 is 2.20 bits per heavy atom. The lowest BCUT2D eigenvalue weighted by Gasteiger charge is -2.23. The molecule has 20 heavy (non-hydrogen) atoms. The second kappa shape index (κ2) is 6.45. The van der Waals surface area contributed by atoms with Gasteiger partial charge in [0.25, 0.3) is 0 Å². The van der Waals surface area contributed by atoms with Gasteiger partial charge in [-0.05, 0) is 19.8 Å². The minimum atomic E-state index is -0.412. The minimum Gasteiger partial charge on any atom is -0.296 e. The summed E-state index contributed by atoms with van der Waals surface area (Å²) < 4.78 is 0. The van der Waals surface area contributed by atoms with Crippen LogP contribution in [0.1, 0.15) is 51.1 Å². The first kappa shape index (κ1) is 15.1. The van der Waals surface area contributed by atoms with Gasteiger partial charge in [-0.25, -0.2) is 4.98 Å². The lowest BCUT2D eigenvalue weighted by Crippen LogP contribution is -2.43. The van der Waals surface area contributed by atoms with Crippen LogP contribution < -0.4 is 5.32 Å². The van der Waals surface area contributed by atoms with E-state index in [0.29, 0.717) is 0 Å². The highest BCUT2D eigenvalue weighted by molar-refractivity contribution is 7.09. The average molecular weight is 295 g/mol. The molecule has 1 saturated heterocycles. The number of amides is 2. The monoisotopic (exact) mass is 295 g/mol. The van der Waals surface area contributed by atoms with Crippen LogP contribution in [-0.4, -0.2) is 33.8 Å². The number of nitrogens with zero attached hydrogens (tertiary/aromatic N) is 2. The number of carbonyl (C=O) groups is 2. The summed E-state index contributed by atoms with van der Waals surface area (Å²) in [5.74, 6) is -0.171. The third kappa shape index (κ3) is 2.91. The normalized spacial score (nSPS) is 22.4. The Morgan fingerprint density at radius 3 is 2.75 bits per heavy atom. The van der Waals surface area contributed by atoms with E-state index < -0.39 is 6.04 Å². The zero-order valence-electron chi connectivity index (χ0n) is 12.1. The summed E-state index contributed by atoms with van der Waals surface area (Å²) in [7, 11) is 0. The van der Waals surface area contributed by atoms with Gasteiger partial charge in [0.05, 0.1) is 18.5 Å².